The van der Waals surface area contributed by atoms with Crippen molar-refractivity contribution in [3.8, 4) is 0 Å². The van der Waals surface area contributed by atoms with Gasteiger partial charge in [0.1, 0.15) is 5.78 Å². The average molecular weight is 170 g/mol. The molecule has 0 spiro atoms. The number of hydrogen-bond acceptors (Lipinski definition) is 1. The summed E-state index contributed by atoms with van der Waals surface area (Å²) in [4.78, 5) is 11.6. The molecular formula is C11H22O. The van der Waals surface area contributed by atoms with Crippen LogP contribution in [-0.2, 0) is 4.79 Å². The third-order valence-electron chi connectivity index (χ3n) is 2.69. The van der Waals surface area contributed by atoms with Crippen molar-refractivity contribution in [2.24, 2.45) is 11.8 Å². The van der Waals surface area contributed by atoms with Gasteiger partial charge >= 0.3 is 0 Å². The summed E-state index contributed by atoms with van der Waals surface area (Å²) >= 11 is 0. The normalized spacial score (nSPS) is 13.4. The molecule has 1 unspecified atom stereocenters. The van der Waals surface area contributed by atoms with Gasteiger partial charge in [0, 0.05) is 12.3 Å². The number of carbonyl (C=O) groups excluding carboxylic acids is 1. The van der Waals surface area contributed by atoms with Crippen molar-refractivity contribution in [3.63, 3.8) is 0 Å². The van der Waals surface area contributed by atoms with Gasteiger partial charge in [0.2, 0.25) is 0 Å². The van der Waals surface area contributed by atoms with E-state index in [0.717, 1.165) is 25.7 Å². The van der Waals surface area contributed by atoms with E-state index in [1.807, 2.05) is 0 Å². The third-order valence-corrected chi connectivity index (χ3v) is 2.69. The van der Waals surface area contributed by atoms with Crippen LogP contribution >= 0.6 is 0 Å². The topological polar surface area (TPSA) is 17.1 Å². The number of carbonyl (C=O) groups is 1. The Morgan fingerprint density at radius 2 is 1.58 bits per heavy atom. The molecule has 1 heteroatoms. The van der Waals surface area contributed by atoms with Gasteiger partial charge in [-0.1, -0.05) is 34.1 Å². The zero-order valence-electron chi connectivity index (χ0n) is 8.89. The zero-order chi connectivity index (χ0) is 9.56. The second-order valence-electron chi connectivity index (χ2n) is 3.70. The monoisotopic (exact) mass is 170 g/mol. The molecule has 0 aromatic heterocycles. The molecule has 0 saturated heterocycles. The first-order chi connectivity index (χ1) is 5.65. The van der Waals surface area contributed by atoms with Crippen molar-refractivity contribution in [2.75, 3.05) is 0 Å². The lowest BCUT2D eigenvalue weighted by Crippen LogP contribution is -2.15. The molecule has 0 N–H and O–H groups in total. The third kappa shape index (κ3) is 3.89. The predicted molar refractivity (Wildman–Crippen MR) is 53.2 cm³/mol. The van der Waals surface area contributed by atoms with Gasteiger partial charge in [-0.25, -0.2) is 0 Å². The highest BCUT2D eigenvalue weighted by Crippen LogP contribution is 2.16. The molecule has 0 rings (SSSR count). The molecule has 1 nitrogen and oxygen atoms in total. The van der Waals surface area contributed by atoms with Gasteiger partial charge in [0.15, 0.2) is 0 Å². The Hall–Kier alpha value is -0.330. The first-order valence-electron chi connectivity index (χ1n) is 5.18. The fourth-order valence-corrected chi connectivity index (χ4v) is 1.40. The van der Waals surface area contributed by atoms with Crippen molar-refractivity contribution < 1.29 is 4.79 Å². The van der Waals surface area contributed by atoms with Crippen molar-refractivity contribution >= 4 is 5.78 Å². The van der Waals surface area contributed by atoms with E-state index in [1.54, 1.807) is 0 Å². The lowest BCUT2D eigenvalue weighted by Gasteiger charge is -2.13. The van der Waals surface area contributed by atoms with Crippen LogP contribution in [0.15, 0.2) is 0 Å². The molecular weight excluding hydrogens is 148 g/mol. The fraction of sp³-hybridized carbons (Fsp3) is 0.909. The van der Waals surface area contributed by atoms with Gasteiger partial charge < -0.3 is 0 Å². The summed E-state index contributed by atoms with van der Waals surface area (Å²) in [5, 5.41) is 0. The maximum Gasteiger partial charge on any atom is 0.136 e. The number of Topliss-reactive ketones (excluding diaryl/α,β-unsaturated/α-hetero) is 1. The predicted octanol–water partition coefficient (Wildman–Crippen LogP) is 3.43. The lowest BCUT2D eigenvalue weighted by atomic mass is 9.91. The summed E-state index contributed by atoms with van der Waals surface area (Å²) < 4.78 is 0. The van der Waals surface area contributed by atoms with Crippen molar-refractivity contribution in [3.05, 3.63) is 0 Å². The zero-order valence-corrected chi connectivity index (χ0v) is 8.89. The highest BCUT2D eigenvalue weighted by Gasteiger charge is 2.15. The minimum atomic E-state index is 0.319. The minimum Gasteiger partial charge on any atom is -0.299 e. The van der Waals surface area contributed by atoms with Crippen LogP contribution in [0.2, 0.25) is 0 Å². The average Bonchev–Trinajstić information content (AvgIpc) is 2.06. The Labute approximate surface area is 76.6 Å². The molecule has 0 aliphatic carbocycles. The van der Waals surface area contributed by atoms with Gasteiger partial charge in [0.25, 0.3) is 0 Å². The molecule has 0 saturated carbocycles. The van der Waals surface area contributed by atoms with Gasteiger partial charge in [0.05, 0.1) is 0 Å². The fourth-order valence-electron chi connectivity index (χ4n) is 1.40. The number of rotatable bonds is 6. The molecule has 0 radical (unpaired) electrons. The Kier molecular flexibility index (Phi) is 6.04. The quantitative estimate of drug-likeness (QED) is 0.597. The van der Waals surface area contributed by atoms with E-state index in [0.29, 0.717) is 17.6 Å². The van der Waals surface area contributed by atoms with Crippen molar-refractivity contribution in [2.45, 2.75) is 53.4 Å². The minimum absolute atomic E-state index is 0.319. The molecule has 0 aromatic rings. The van der Waals surface area contributed by atoms with Crippen LogP contribution in [0, 0.1) is 11.8 Å². The largest absolute Gasteiger partial charge is 0.299 e. The first-order valence-corrected chi connectivity index (χ1v) is 5.18. The van der Waals surface area contributed by atoms with E-state index in [9.17, 15) is 4.79 Å². The van der Waals surface area contributed by atoms with E-state index < -0.39 is 0 Å². The Bertz CT molecular complexity index is 125. The highest BCUT2D eigenvalue weighted by molar-refractivity contribution is 5.81. The van der Waals surface area contributed by atoms with E-state index in [-0.39, 0.29) is 0 Å². The molecule has 0 aromatic carbocycles. The Balaban J connectivity index is 3.84. The summed E-state index contributed by atoms with van der Waals surface area (Å²) in [6, 6.07) is 0. The van der Waals surface area contributed by atoms with Gasteiger partial charge in [-0.2, -0.15) is 0 Å². The van der Waals surface area contributed by atoms with Crippen LogP contribution in [0.1, 0.15) is 53.4 Å². The first kappa shape index (κ1) is 11.7. The van der Waals surface area contributed by atoms with Crippen LogP contribution in [0.3, 0.4) is 0 Å². The smallest absolute Gasteiger partial charge is 0.136 e. The SMILES string of the molecule is CCC(C)CC(=O)C(CC)CC. The summed E-state index contributed by atoms with van der Waals surface area (Å²) in [6.45, 7) is 8.50. The second-order valence-corrected chi connectivity index (χ2v) is 3.70. The summed E-state index contributed by atoms with van der Waals surface area (Å²) in [5.41, 5.74) is 0. The highest BCUT2D eigenvalue weighted by atomic mass is 16.1. The van der Waals surface area contributed by atoms with Crippen molar-refractivity contribution in [1.29, 1.82) is 0 Å². The number of ketones is 1. The Morgan fingerprint density at radius 3 is 1.92 bits per heavy atom. The van der Waals surface area contributed by atoms with E-state index >= 15 is 0 Å². The van der Waals surface area contributed by atoms with E-state index in [2.05, 4.69) is 27.7 Å². The van der Waals surface area contributed by atoms with E-state index in [1.165, 1.54) is 0 Å². The molecule has 0 heterocycles. The summed E-state index contributed by atoms with van der Waals surface area (Å²) in [7, 11) is 0. The molecule has 0 aliphatic heterocycles. The van der Waals surface area contributed by atoms with Crippen LogP contribution < -0.4 is 0 Å². The van der Waals surface area contributed by atoms with Gasteiger partial charge in [-0.15, -0.1) is 0 Å². The van der Waals surface area contributed by atoms with Crippen LogP contribution in [-0.4, -0.2) is 5.78 Å². The molecule has 12 heavy (non-hydrogen) atoms. The van der Waals surface area contributed by atoms with Crippen molar-refractivity contribution in [1.82, 2.24) is 0 Å². The molecule has 0 bridgehead atoms. The maximum absolute atomic E-state index is 11.6. The molecule has 72 valence electrons. The van der Waals surface area contributed by atoms with Gasteiger partial charge in [-0.3, -0.25) is 4.79 Å². The van der Waals surface area contributed by atoms with E-state index in [4.69, 9.17) is 0 Å². The summed E-state index contributed by atoms with van der Waals surface area (Å²) in [6.07, 6.45) is 3.91. The standard InChI is InChI=1S/C11H22O/c1-5-9(4)8-11(12)10(6-2)7-3/h9-10H,5-8H2,1-4H3. The summed E-state index contributed by atoms with van der Waals surface area (Å²) in [5.74, 6) is 1.35. The van der Waals surface area contributed by atoms with Gasteiger partial charge in [-0.05, 0) is 18.8 Å². The molecule has 0 amide bonds. The van der Waals surface area contributed by atoms with Crippen LogP contribution in [0.4, 0.5) is 0 Å². The maximum atomic E-state index is 11.6. The van der Waals surface area contributed by atoms with Crippen LogP contribution in [0.25, 0.3) is 0 Å². The lowest BCUT2D eigenvalue weighted by molar-refractivity contribution is -0.123. The Morgan fingerprint density at radius 1 is 1.08 bits per heavy atom. The molecule has 0 fully saturated rings. The molecule has 0 aliphatic rings. The molecule has 1 atom stereocenters. The van der Waals surface area contributed by atoms with Crippen LogP contribution in [0.5, 0.6) is 0 Å². The second kappa shape index (κ2) is 6.22. The number of hydrogen-bond donors (Lipinski definition) is 0.